The summed E-state index contributed by atoms with van der Waals surface area (Å²) in [5, 5.41) is 0. The van der Waals surface area contributed by atoms with Crippen LogP contribution in [-0.2, 0) is 13.7 Å². The van der Waals surface area contributed by atoms with E-state index in [1.54, 1.807) is 13.8 Å². The first-order valence-corrected chi connectivity index (χ1v) is 7.39. The van der Waals surface area contributed by atoms with E-state index in [-0.39, 0.29) is 6.61 Å². The molecule has 0 saturated heterocycles. The molecule has 0 aliphatic rings. The van der Waals surface area contributed by atoms with E-state index >= 15 is 0 Å². The lowest BCUT2D eigenvalue weighted by Crippen LogP contribution is -1.96. The molecule has 6 nitrogen and oxygen atoms in total. The van der Waals surface area contributed by atoms with Gasteiger partial charge in [0.25, 0.3) is 0 Å². The van der Waals surface area contributed by atoms with Gasteiger partial charge in [0, 0.05) is 0 Å². The summed E-state index contributed by atoms with van der Waals surface area (Å²) < 4.78 is 25.4. The van der Waals surface area contributed by atoms with Crippen LogP contribution in [0.5, 0.6) is 0 Å². The Morgan fingerprint density at radius 1 is 1.23 bits per heavy atom. The molecule has 0 amide bonds. The Bertz CT molecular complexity index is 243. The summed E-state index contributed by atoms with van der Waals surface area (Å²) in [5.74, 6) is 0.950. The van der Waals surface area contributed by atoms with Crippen LogP contribution in [0, 0.1) is 5.92 Å². The molecule has 0 bridgehead atoms. The zero-order valence-electron chi connectivity index (χ0n) is 7.38. The first-order chi connectivity index (χ1) is 5.67. The summed E-state index contributed by atoms with van der Waals surface area (Å²) in [5.41, 5.74) is 0. The molecule has 0 heterocycles. The van der Waals surface area contributed by atoms with Gasteiger partial charge in [-0.15, -0.1) is 0 Å². The van der Waals surface area contributed by atoms with E-state index in [2.05, 4.69) is 4.52 Å². The van der Waals surface area contributed by atoms with Crippen LogP contribution in [0.3, 0.4) is 0 Å². The van der Waals surface area contributed by atoms with Crippen LogP contribution in [0.25, 0.3) is 0 Å². The average Bonchev–Trinajstić information content (AvgIpc) is 1.82. The van der Waals surface area contributed by atoms with Crippen LogP contribution in [0.15, 0.2) is 0 Å². The fourth-order valence-electron chi connectivity index (χ4n) is 0.444. The second-order valence-corrected chi connectivity index (χ2v) is 8.14. The highest BCUT2D eigenvalue weighted by molar-refractivity contribution is 8.26. The van der Waals surface area contributed by atoms with Crippen molar-refractivity contribution < 1.29 is 28.3 Å². The van der Waals surface area contributed by atoms with Gasteiger partial charge in [-0.2, -0.15) is 0 Å². The molecule has 1 atom stereocenters. The molecule has 0 aliphatic carbocycles. The quantitative estimate of drug-likeness (QED) is 0.615. The second-order valence-electron chi connectivity index (χ2n) is 2.79. The van der Waals surface area contributed by atoms with Gasteiger partial charge >= 0.3 is 14.6 Å². The molecule has 8 heteroatoms. The average molecular weight is 231 g/mol. The molecule has 13 heavy (non-hydrogen) atoms. The fourth-order valence-corrected chi connectivity index (χ4v) is 1.62. The lowest BCUT2D eigenvalue weighted by atomic mass is 10.2. The van der Waals surface area contributed by atoms with Gasteiger partial charge in [-0.25, -0.2) is 9.13 Å². The molecule has 3 N–H and O–H groups in total. The normalized spacial score (nSPS) is 17.4. The van der Waals surface area contributed by atoms with Crippen LogP contribution in [-0.4, -0.2) is 21.3 Å². The van der Waals surface area contributed by atoms with Crippen LogP contribution in [0.4, 0.5) is 0 Å². The lowest BCUT2D eigenvalue weighted by Gasteiger charge is -2.13. The number of rotatable bonds is 5. The molecule has 0 rings (SSSR count). The first kappa shape index (κ1) is 13.3. The van der Waals surface area contributed by atoms with Crippen molar-refractivity contribution >= 4 is 14.6 Å². The Balaban J connectivity index is 4.07. The minimum atomic E-state index is -5.05. The first-order valence-electron chi connectivity index (χ1n) is 3.49. The highest BCUT2D eigenvalue weighted by Gasteiger charge is 2.41. The summed E-state index contributed by atoms with van der Waals surface area (Å²) >= 11 is 0. The molecule has 0 aromatic heterocycles. The molecular formula is C5H13O6P2. The molecule has 0 spiro atoms. The van der Waals surface area contributed by atoms with Crippen LogP contribution < -0.4 is 0 Å². The van der Waals surface area contributed by atoms with Crippen LogP contribution in [0.2, 0.25) is 0 Å². The lowest BCUT2D eigenvalue weighted by molar-refractivity contribution is 0.258. The van der Waals surface area contributed by atoms with Crippen molar-refractivity contribution in [2.75, 3.05) is 6.61 Å². The van der Waals surface area contributed by atoms with E-state index < -0.39 is 14.6 Å². The monoisotopic (exact) mass is 231 g/mol. The molecular weight excluding hydrogens is 218 g/mol. The smallest absolute Gasteiger partial charge is 0.316 e. The molecule has 0 fully saturated rings. The molecule has 79 valence electrons. The summed E-state index contributed by atoms with van der Waals surface area (Å²) in [6.45, 7) is 3.40. The third kappa shape index (κ3) is 4.91. The van der Waals surface area contributed by atoms with E-state index in [0.29, 0.717) is 6.42 Å². The van der Waals surface area contributed by atoms with E-state index in [9.17, 15) is 9.13 Å². The van der Waals surface area contributed by atoms with Gasteiger partial charge in [-0.05, 0) is 12.3 Å². The topological polar surface area (TPSA) is 104 Å². The van der Waals surface area contributed by atoms with Crippen molar-refractivity contribution in [2.45, 2.75) is 20.3 Å². The van der Waals surface area contributed by atoms with Gasteiger partial charge in [0.15, 0.2) is 0 Å². The minimum absolute atomic E-state index is 0.165. The Kier molecular flexibility index (Phi) is 4.80. The van der Waals surface area contributed by atoms with Crippen molar-refractivity contribution in [3.05, 3.63) is 5.92 Å². The van der Waals surface area contributed by atoms with Gasteiger partial charge < -0.3 is 19.2 Å². The number of hydrogen-bond acceptors (Lipinski definition) is 3. The zero-order valence-corrected chi connectivity index (χ0v) is 9.16. The van der Waals surface area contributed by atoms with Gasteiger partial charge in [0.2, 0.25) is 0 Å². The Morgan fingerprint density at radius 3 is 2.00 bits per heavy atom. The summed E-state index contributed by atoms with van der Waals surface area (Å²) in [7, 11) is -9.83. The van der Waals surface area contributed by atoms with Crippen LogP contribution >= 0.6 is 14.6 Å². The number of hydrogen-bond donors (Lipinski definition) is 3. The standard InChI is InChI=1S/C5H13O6P2/c1-5(2)3-4-11-13(9,10)12(6,7)8/h3-4H2,1-2H3,(H,9,10)(H2,6,7,8). The van der Waals surface area contributed by atoms with Crippen molar-refractivity contribution in [2.24, 2.45) is 0 Å². The minimum Gasteiger partial charge on any atom is -0.316 e. The van der Waals surface area contributed by atoms with E-state index in [4.69, 9.17) is 14.7 Å². The summed E-state index contributed by atoms with van der Waals surface area (Å²) in [6.07, 6.45) is 0.393. The van der Waals surface area contributed by atoms with E-state index in [1.165, 1.54) is 0 Å². The third-order valence-electron chi connectivity index (χ3n) is 1.19. The van der Waals surface area contributed by atoms with E-state index in [0.717, 1.165) is 5.92 Å². The Hall–Kier alpha value is 0.300. The maximum atomic E-state index is 10.8. The molecule has 0 saturated carbocycles. The fraction of sp³-hybridized carbons (Fsp3) is 0.800. The molecule has 1 radical (unpaired) electrons. The zero-order chi connectivity index (χ0) is 10.7. The maximum Gasteiger partial charge on any atom is 0.438 e. The van der Waals surface area contributed by atoms with E-state index in [1.807, 2.05) is 0 Å². The largest absolute Gasteiger partial charge is 0.438 e. The summed E-state index contributed by atoms with van der Waals surface area (Å²) in [4.78, 5) is 25.5. The highest BCUT2D eigenvalue weighted by Crippen LogP contribution is 2.74. The van der Waals surface area contributed by atoms with Gasteiger partial charge in [-0.3, -0.25) is 0 Å². The Morgan fingerprint density at radius 2 is 1.69 bits per heavy atom. The molecule has 0 aromatic rings. The highest BCUT2D eigenvalue weighted by atomic mass is 32.1. The van der Waals surface area contributed by atoms with Crippen molar-refractivity contribution in [1.29, 1.82) is 0 Å². The van der Waals surface area contributed by atoms with Gasteiger partial charge in [-0.1, -0.05) is 13.8 Å². The SMILES string of the molecule is C[C](C)CCOP(=O)(O)P(=O)(O)O. The van der Waals surface area contributed by atoms with Gasteiger partial charge in [0.05, 0.1) is 6.61 Å². The second kappa shape index (κ2) is 4.69. The molecule has 0 aromatic carbocycles. The van der Waals surface area contributed by atoms with Crippen molar-refractivity contribution in [3.63, 3.8) is 0 Å². The van der Waals surface area contributed by atoms with Crippen molar-refractivity contribution in [3.8, 4) is 0 Å². The third-order valence-corrected chi connectivity index (χ3v) is 4.69. The molecule has 0 aliphatic heterocycles. The predicted octanol–water partition coefficient (Wildman–Crippen LogP) is 1.29. The summed E-state index contributed by atoms with van der Waals surface area (Å²) in [6, 6.07) is 0. The van der Waals surface area contributed by atoms with Crippen molar-refractivity contribution in [1.82, 2.24) is 0 Å². The van der Waals surface area contributed by atoms with Crippen LogP contribution in [0.1, 0.15) is 20.3 Å². The van der Waals surface area contributed by atoms with Gasteiger partial charge in [0.1, 0.15) is 0 Å². The molecule has 1 unspecified atom stereocenters. The predicted molar refractivity (Wildman–Crippen MR) is 47.0 cm³/mol. The Labute approximate surface area is 76.5 Å². The maximum absolute atomic E-state index is 10.8.